The van der Waals surface area contributed by atoms with Crippen molar-refractivity contribution in [1.29, 1.82) is 5.26 Å². The molecule has 2 aliphatic rings. The molecule has 7 nitrogen and oxygen atoms in total. The van der Waals surface area contributed by atoms with E-state index in [0.29, 0.717) is 23.6 Å². The Hall–Kier alpha value is -4.15. The number of para-hydroxylation sites is 1. The van der Waals surface area contributed by atoms with Crippen LogP contribution in [-0.4, -0.2) is 24.5 Å². The van der Waals surface area contributed by atoms with Gasteiger partial charge in [0.25, 0.3) is 5.91 Å². The highest BCUT2D eigenvalue weighted by Gasteiger charge is 2.60. The SMILES string of the molecule is CCOc1ccc(N2C(=O)[C@H]3[C@@H](c4ccc(C#N)cc4)N(c4ccccc4)O[C@H]3C2=O)cc1. The first-order valence-electron chi connectivity index (χ1n) is 10.7. The summed E-state index contributed by atoms with van der Waals surface area (Å²) in [5, 5.41) is 10.8. The maximum Gasteiger partial charge on any atom is 0.266 e. The quantitative estimate of drug-likeness (QED) is 0.559. The third-order valence-electron chi connectivity index (χ3n) is 5.91. The van der Waals surface area contributed by atoms with Gasteiger partial charge in [-0.25, -0.2) is 9.96 Å². The fourth-order valence-electron chi connectivity index (χ4n) is 4.42. The second-order valence-corrected chi connectivity index (χ2v) is 7.83. The van der Waals surface area contributed by atoms with Crippen LogP contribution in [0.15, 0.2) is 78.9 Å². The number of fused-ring (bicyclic) bond motifs is 1. The van der Waals surface area contributed by atoms with Gasteiger partial charge in [-0.3, -0.25) is 14.4 Å². The molecule has 0 N–H and O–H groups in total. The first kappa shape index (κ1) is 20.7. The fraction of sp³-hybridized carbons (Fsp3) is 0.192. The van der Waals surface area contributed by atoms with E-state index in [-0.39, 0.29) is 5.91 Å². The minimum atomic E-state index is -0.940. The summed E-state index contributed by atoms with van der Waals surface area (Å²) in [5.41, 5.74) is 2.54. The van der Waals surface area contributed by atoms with Gasteiger partial charge in [0, 0.05) is 0 Å². The lowest BCUT2D eigenvalue weighted by Crippen LogP contribution is -2.37. The third-order valence-corrected chi connectivity index (χ3v) is 5.91. The van der Waals surface area contributed by atoms with E-state index in [9.17, 15) is 9.59 Å². The number of rotatable bonds is 5. The Morgan fingerprint density at radius 3 is 2.24 bits per heavy atom. The van der Waals surface area contributed by atoms with Gasteiger partial charge in [-0.05, 0) is 61.0 Å². The Kier molecular flexibility index (Phi) is 5.29. The lowest BCUT2D eigenvalue weighted by Gasteiger charge is -2.28. The lowest BCUT2D eigenvalue weighted by atomic mass is 9.90. The number of ether oxygens (including phenoxy) is 1. The minimum Gasteiger partial charge on any atom is -0.494 e. The summed E-state index contributed by atoms with van der Waals surface area (Å²) in [6, 6.07) is 24.9. The highest BCUT2D eigenvalue weighted by Crippen LogP contribution is 2.47. The highest BCUT2D eigenvalue weighted by molar-refractivity contribution is 6.23. The van der Waals surface area contributed by atoms with E-state index in [2.05, 4.69) is 6.07 Å². The molecule has 3 aromatic rings. The second-order valence-electron chi connectivity index (χ2n) is 7.83. The molecule has 0 aromatic heterocycles. The molecule has 2 aliphatic heterocycles. The zero-order valence-electron chi connectivity index (χ0n) is 17.9. The first-order chi connectivity index (χ1) is 16.1. The van der Waals surface area contributed by atoms with E-state index in [1.165, 1.54) is 4.90 Å². The minimum absolute atomic E-state index is 0.318. The third kappa shape index (κ3) is 3.51. The van der Waals surface area contributed by atoms with Crippen molar-refractivity contribution in [1.82, 2.24) is 0 Å². The smallest absolute Gasteiger partial charge is 0.266 e. The molecule has 2 saturated heterocycles. The largest absolute Gasteiger partial charge is 0.494 e. The normalized spacial score (nSPS) is 21.8. The van der Waals surface area contributed by atoms with Crippen molar-refractivity contribution in [3.63, 3.8) is 0 Å². The van der Waals surface area contributed by atoms with Crippen molar-refractivity contribution < 1.29 is 19.2 Å². The zero-order valence-corrected chi connectivity index (χ0v) is 17.9. The van der Waals surface area contributed by atoms with E-state index in [1.807, 2.05) is 49.4 Å². The predicted octanol–water partition coefficient (Wildman–Crippen LogP) is 4.01. The summed E-state index contributed by atoms with van der Waals surface area (Å²) in [5.74, 6) is -0.770. The van der Waals surface area contributed by atoms with Crippen molar-refractivity contribution >= 4 is 23.2 Å². The molecule has 33 heavy (non-hydrogen) atoms. The van der Waals surface area contributed by atoms with Gasteiger partial charge >= 0.3 is 0 Å². The number of hydrogen-bond donors (Lipinski definition) is 0. The summed E-state index contributed by atoms with van der Waals surface area (Å²) in [4.78, 5) is 34.3. The van der Waals surface area contributed by atoms with Crippen LogP contribution < -0.4 is 14.7 Å². The fourth-order valence-corrected chi connectivity index (χ4v) is 4.42. The molecule has 0 unspecified atom stereocenters. The van der Waals surface area contributed by atoms with Gasteiger partial charge in [0.05, 0.1) is 35.7 Å². The molecule has 164 valence electrons. The molecule has 0 aliphatic carbocycles. The zero-order chi connectivity index (χ0) is 22.9. The number of nitriles is 1. The van der Waals surface area contributed by atoms with Crippen LogP contribution in [0.3, 0.4) is 0 Å². The maximum atomic E-state index is 13.6. The molecule has 0 saturated carbocycles. The molecule has 3 atom stereocenters. The van der Waals surface area contributed by atoms with Gasteiger partial charge in [0.2, 0.25) is 5.91 Å². The molecule has 5 rings (SSSR count). The summed E-state index contributed by atoms with van der Waals surface area (Å²) >= 11 is 0. The summed E-state index contributed by atoms with van der Waals surface area (Å²) < 4.78 is 5.47. The Balaban J connectivity index is 1.53. The Morgan fingerprint density at radius 1 is 0.909 bits per heavy atom. The van der Waals surface area contributed by atoms with Crippen molar-refractivity contribution in [3.05, 3.63) is 90.0 Å². The van der Waals surface area contributed by atoms with E-state index in [0.717, 1.165) is 11.3 Å². The molecule has 2 amide bonds. The van der Waals surface area contributed by atoms with E-state index < -0.39 is 24.0 Å². The van der Waals surface area contributed by atoms with Crippen LogP contribution in [0.5, 0.6) is 5.75 Å². The topological polar surface area (TPSA) is 82.9 Å². The van der Waals surface area contributed by atoms with Crippen LogP contribution in [0.2, 0.25) is 0 Å². The van der Waals surface area contributed by atoms with Gasteiger partial charge < -0.3 is 4.74 Å². The van der Waals surface area contributed by atoms with E-state index in [1.54, 1.807) is 41.5 Å². The number of benzene rings is 3. The molecular formula is C26H21N3O4. The summed E-state index contributed by atoms with van der Waals surface area (Å²) in [6.45, 7) is 2.42. The van der Waals surface area contributed by atoms with Crippen LogP contribution in [0, 0.1) is 17.2 Å². The number of hydrogen-bond acceptors (Lipinski definition) is 6. The number of amides is 2. The van der Waals surface area contributed by atoms with Gasteiger partial charge in [-0.2, -0.15) is 5.26 Å². The molecule has 3 aromatic carbocycles. The van der Waals surface area contributed by atoms with Gasteiger partial charge in [0.1, 0.15) is 11.7 Å². The molecule has 0 radical (unpaired) electrons. The molecule has 0 spiro atoms. The average molecular weight is 439 g/mol. The van der Waals surface area contributed by atoms with E-state index in [4.69, 9.17) is 14.8 Å². The summed E-state index contributed by atoms with van der Waals surface area (Å²) in [7, 11) is 0. The number of hydroxylamine groups is 1. The number of imide groups is 1. The van der Waals surface area contributed by atoms with Gasteiger partial charge in [0.15, 0.2) is 6.10 Å². The molecule has 2 heterocycles. The number of anilines is 2. The average Bonchev–Trinajstić information content (AvgIpc) is 3.36. The molecule has 7 heteroatoms. The van der Waals surface area contributed by atoms with Crippen LogP contribution in [0.25, 0.3) is 0 Å². The molecule has 2 fully saturated rings. The first-order valence-corrected chi connectivity index (χ1v) is 10.7. The maximum absolute atomic E-state index is 13.6. The summed E-state index contributed by atoms with van der Waals surface area (Å²) in [6.07, 6.45) is -0.940. The molecular weight excluding hydrogens is 418 g/mol. The monoisotopic (exact) mass is 439 g/mol. The van der Waals surface area contributed by atoms with Crippen molar-refractivity contribution in [2.24, 2.45) is 5.92 Å². The predicted molar refractivity (Wildman–Crippen MR) is 121 cm³/mol. The Labute approximate surface area is 191 Å². The molecule has 0 bridgehead atoms. The van der Waals surface area contributed by atoms with Crippen LogP contribution in [0.1, 0.15) is 24.1 Å². The van der Waals surface area contributed by atoms with Crippen LogP contribution in [0.4, 0.5) is 11.4 Å². The van der Waals surface area contributed by atoms with Gasteiger partial charge in [-0.1, -0.05) is 30.3 Å². The Bertz CT molecular complexity index is 1220. The van der Waals surface area contributed by atoms with Crippen LogP contribution >= 0.6 is 0 Å². The van der Waals surface area contributed by atoms with E-state index >= 15 is 0 Å². The van der Waals surface area contributed by atoms with Crippen molar-refractivity contribution in [2.45, 2.75) is 19.1 Å². The highest BCUT2D eigenvalue weighted by atomic mass is 16.7. The van der Waals surface area contributed by atoms with Crippen LogP contribution in [-0.2, 0) is 14.4 Å². The standard InChI is InChI=1S/C26H21N3O4/c1-2-32-21-14-12-19(13-15-21)28-25(30)22-23(18-10-8-17(16-27)9-11-18)29(33-24(22)26(28)31)20-6-4-3-5-7-20/h3-15,22-24H,2H2,1H3/t22-,23+,24+/m0/s1. The lowest BCUT2D eigenvalue weighted by molar-refractivity contribution is -0.126. The number of nitrogens with zero attached hydrogens (tertiary/aromatic N) is 3. The number of carbonyl (C=O) groups excluding carboxylic acids is 2. The van der Waals surface area contributed by atoms with Crippen molar-refractivity contribution in [3.8, 4) is 11.8 Å². The van der Waals surface area contributed by atoms with Crippen molar-refractivity contribution in [2.75, 3.05) is 16.6 Å². The van der Waals surface area contributed by atoms with Gasteiger partial charge in [-0.15, -0.1) is 0 Å². The second kappa shape index (κ2) is 8.41. The Morgan fingerprint density at radius 2 is 1.61 bits per heavy atom. The number of carbonyl (C=O) groups is 2.